The molecule has 2 rings (SSSR count). The maximum absolute atomic E-state index is 11.9. The van der Waals surface area contributed by atoms with Crippen molar-refractivity contribution in [2.24, 2.45) is 7.05 Å². The first-order valence-corrected chi connectivity index (χ1v) is 5.06. The summed E-state index contributed by atoms with van der Waals surface area (Å²) in [6, 6.07) is 0. The Morgan fingerprint density at radius 2 is 2.06 bits per heavy atom. The van der Waals surface area contributed by atoms with Gasteiger partial charge in [0, 0.05) is 13.5 Å². The van der Waals surface area contributed by atoms with Gasteiger partial charge in [0.05, 0.1) is 6.42 Å². The largest absolute Gasteiger partial charge is 0.715 e. The van der Waals surface area contributed by atoms with Crippen molar-refractivity contribution < 1.29 is 4.74 Å². The molecule has 0 amide bonds. The number of aromatic amines is 1. The second kappa shape index (κ2) is 3.10. The van der Waals surface area contributed by atoms with Gasteiger partial charge >= 0.3 is 11.4 Å². The van der Waals surface area contributed by atoms with E-state index in [1.54, 1.807) is 13.8 Å². The fraction of sp³-hybridized carbons (Fsp3) is 0.667. The van der Waals surface area contributed by atoms with Crippen LogP contribution in [0.5, 0.6) is 0 Å². The van der Waals surface area contributed by atoms with Gasteiger partial charge in [0.2, 0.25) is 0 Å². The van der Waals surface area contributed by atoms with Crippen molar-refractivity contribution in [3.63, 3.8) is 0 Å². The molecule has 1 aliphatic rings. The number of hydroxylamine groups is 1. The van der Waals surface area contributed by atoms with E-state index >= 15 is 0 Å². The second-order valence-corrected chi connectivity index (χ2v) is 4.62. The SMILES string of the molecule is Cn1c(=O)[nH]n(C2=[N+]([O-])C(C)(C)CC2)c1=O. The van der Waals surface area contributed by atoms with Crippen LogP contribution in [0.4, 0.5) is 0 Å². The summed E-state index contributed by atoms with van der Waals surface area (Å²) in [5.74, 6) is 0.299. The Labute approximate surface area is 91.2 Å². The molecule has 0 saturated heterocycles. The van der Waals surface area contributed by atoms with Crippen molar-refractivity contribution in [3.05, 3.63) is 26.2 Å². The van der Waals surface area contributed by atoms with E-state index in [4.69, 9.17) is 0 Å². The van der Waals surface area contributed by atoms with Crippen molar-refractivity contribution in [2.45, 2.75) is 32.2 Å². The van der Waals surface area contributed by atoms with Gasteiger partial charge in [0.15, 0.2) is 0 Å². The van der Waals surface area contributed by atoms with Crippen LogP contribution in [0.3, 0.4) is 0 Å². The van der Waals surface area contributed by atoms with E-state index in [9.17, 15) is 14.8 Å². The number of aromatic nitrogens is 3. The fourth-order valence-corrected chi connectivity index (χ4v) is 1.80. The van der Waals surface area contributed by atoms with Crippen LogP contribution in [0.1, 0.15) is 26.7 Å². The zero-order valence-corrected chi connectivity index (χ0v) is 9.48. The number of hydrogen-bond donors (Lipinski definition) is 1. The maximum atomic E-state index is 11.9. The first-order chi connectivity index (χ1) is 7.34. The number of H-pyrrole nitrogens is 1. The van der Waals surface area contributed by atoms with E-state index in [0.717, 1.165) is 14.0 Å². The highest BCUT2D eigenvalue weighted by Crippen LogP contribution is 2.23. The maximum Gasteiger partial charge on any atom is 0.443 e. The Morgan fingerprint density at radius 1 is 1.44 bits per heavy atom. The van der Waals surface area contributed by atoms with Gasteiger partial charge in [-0.2, -0.15) is 5.10 Å². The summed E-state index contributed by atoms with van der Waals surface area (Å²) in [5.41, 5.74) is -1.56. The fourth-order valence-electron chi connectivity index (χ4n) is 1.80. The summed E-state index contributed by atoms with van der Waals surface area (Å²) in [4.78, 5) is 22.9. The second-order valence-electron chi connectivity index (χ2n) is 4.62. The molecule has 0 aliphatic carbocycles. The van der Waals surface area contributed by atoms with Crippen LogP contribution in [-0.2, 0) is 7.05 Å². The Hall–Kier alpha value is -1.79. The lowest BCUT2D eigenvalue weighted by molar-refractivity contribution is -0.532. The van der Waals surface area contributed by atoms with Crippen molar-refractivity contribution in [1.82, 2.24) is 14.3 Å². The van der Waals surface area contributed by atoms with Gasteiger partial charge in [0.1, 0.15) is 5.54 Å². The molecule has 0 fully saturated rings. The lowest BCUT2D eigenvalue weighted by atomic mass is 10.0. The van der Waals surface area contributed by atoms with Crippen LogP contribution in [0.15, 0.2) is 9.59 Å². The topological polar surface area (TPSA) is 85.9 Å². The molecular weight excluding hydrogens is 212 g/mol. The van der Waals surface area contributed by atoms with Gasteiger partial charge in [0.25, 0.3) is 5.84 Å². The summed E-state index contributed by atoms with van der Waals surface area (Å²) in [5, 5.41) is 14.2. The van der Waals surface area contributed by atoms with Gasteiger partial charge in [-0.1, -0.05) is 4.68 Å². The monoisotopic (exact) mass is 226 g/mol. The average Bonchev–Trinajstić information content (AvgIpc) is 2.61. The predicted octanol–water partition coefficient (Wildman–Crippen LogP) is -0.796. The Balaban J connectivity index is 2.64. The summed E-state index contributed by atoms with van der Waals surface area (Å²) in [7, 11) is 1.37. The molecular formula is C9H14N4O3. The van der Waals surface area contributed by atoms with Gasteiger partial charge < -0.3 is 5.21 Å². The van der Waals surface area contributed by atoms with Gasteiger partial charge in [-0.05, 0) is 13.8 Å². The molecule has 1 aromatic rings. The minimum Gasteiger partial charge on any atom is -0.715 e. The third-order valence-corrected chi connectivity index (χ3v) is 2.99. The minimum atomic E-state index is -0.526. The highest BCUT2D eigenvalue weighted by molar-refractivity contribution is 5.80. The quantitative estimate of drug-likeness (QED) is 0.464. The molecule has 0 unspecified atom stereocenters. The predicted molar refractivity (Wildman–Crippen MR) is 57.6 cm³/mol. The van der Waals surface area contributed by atoms with E-state index < -0.39 is 16.9 Å². The molecule has 2 heterocycles. The Morgan fingerprint density at radius 3 is 2.44 bits per heavy atom. The molecule has 7 heteroatoms. The normalized spacial score (nSPS) is 19.4. The smallest absolute Gasteiger partial charge is 0.443 e. The van der Waals surface area contributed by atoms with Crippen LogP contribution in [0.2, 0.25) is 0 Å². The third-order valence-electron chi connectivity index (χ3n) is 2.99. The van der Waals surface area contributed by atoms with Crippen molar-refractivity contribution in [3.8, 4) is 0 Å². The molecule has 0 saturated carbocycles. The van der Waals surface area contributed by atoms with E-state index in [-0.39, 0.29) is 0 Å². The number of nitrogens with one attached hydrogen (secondary N) is 1. The van der Waals surface area contributed by atoms with Crippen LogP contribution in [0.25, 0.3) is 0 Å². The van der Waals surface area contributed by atoms with Crippen LogP contribution >= 0.6 is 0 Å². The minimum absolute atomic E-state index is 0.299. The molecule has 0 spiro atoms. The Kier molecular flexibility index (Phi) is 2.08. The molecule has 16 heavy (non-hydrogen) atoms. The van der Waals surface area contributed by atoms with E-state index in [2.05, 4.69) is 5.10 Å². The molecule has 1 aliphatic heterocycles. The molecule has 0 aromatic carbocycles. The van der Waals surface area contributed by atoms with Crippen LogP contribution in [0, 0.1) is 5.21 Å². The molecule has 1 N–H and O–H groups in total. The van der Waals surface area contributed by atoms with Crippen molar-refractivity contribution >= 4 is 5.84 Å². The summed E-state index contributed by atoms with van der Waals surface area (Å²) in [6.45, 7) is 3.61. The van der Waals surface area contributed by atoms with Crippen molar-refractivity contribution in [1.29, 1.82) is 0 Å². The van der Waals surface area contributed by atoms with Gasteiger partial charge in [-0.15, -0.1) is 0 Å². The van der Waals surface area contributed by atoms with E-state index in [0.29, 0.717) is 18.7 Å². The molecule has 1 aromatic heterocycles. The highest BCUT2D eigenvalue weighted by Gasteiger charge is 2.36. The van der Waals surface area contributed by atoms with Crippen molar-refractivity contribution in [2.75, 3.05) is 0 Å². The Bertz CT molecular complexity index is 572. The number of nitrogens with zero attached hydrogens (tertiary/aromatic N) is 3. The lowest BCUT2D eigenvalue weighted by Crippen LogP contribution is -2.35. The first kappa shape index (κ1) is 10.7. The van der Waals surface area contributed by atoms with Crippen LogP contribution < -0.4 is 11.4 Å². The van der Waals surface area contributed by atoms with Gasteiger partial charge in [-0.3, -0.25) is 4.74 Å². The van der Waals surface area contributed by atoms with Gasteiger partial charge in [-0.25, -0.2) is 14.2 Å². The molecule has 0 atom stereocenters. The molecule has 0 radical (unpaired) electrons. The number of hydrogen-bond acceptors (Lipinski definition) is 3. The lowest BCUT2D eigenvalue weighted by Gasteiger charge is -2.23. The third kappa shape index (κ3) is 1.31. The standard InChI is InChI=1S/C9H14N4O3/c1-9(2)5-4-6(13(9)16)12-8(15)11(3)7(14)10-12/h4-5H2,1-3H3,(H,10,14). The molecule has 0 bridgehead atoms. The van der Waals surface area contributed by atoms with E-state index in [1.807, 2.05) is 0 Å². The highest BCUT2D eigenvalue weighted by atomic mass is 16.5. The zero-order valence-electron chi connectivity index (χ0n) is 9.48. The molecule has 88 valence electrons. The summed E-state index contributed by atoms with van der Waals surface area (Å²) < 4.78 is 2.76. The molecule has 7 nitrogen and oxygen atoms in total. The number of rotatable bonds is 0. The van der Waals surface area contributed by atoms with Crippen LogP contribution in [-0.4, -0.2) is 30.5 Å². The average molecular weight is 226 g/mol. The van der Waals surface area contributed by atoms with E-state index in [1.165, 1.54) is 7.05 Å². The summed E-state index contributed by atoms with van der Waals surface area (Å²) in [6.07, 6.45) is 1.14. The zero-order chi connectivity index (χ0) is 12.1. The first-order valence-electron chi connectivity index (χ1n) is 5.06. The summed E-state index contributed by atoms with van der Waals surface area (Å²) >= 11 is 0.